The third-order valence-corrected chi connectivity index (χ3v) is 7.33. The van der Waals surface area contributed by atoms with Crippen LogP contribution in [0.25, 0.3) is 0 Å². The SMILES string of the molecule is CN(C(=O)CCOCCOc1ccc2c(c1)C(=O)N(C1CCC(=O)NC1=O)C2=O)C(c1ccc(F)cc1)c1cccnc1. The molecule has 1 N–H and O–H groups in total. The number of nitrogens with one attached hydrogen (secondary N) is 1. The molecule has 43 heavy (non-hydrogen) atoms. The number of imide groups is 2. The van der Waals surface area contributed by atoms with Gasteiger partial charge in [0.1, 0.15) is 24.2 Å². The molecule has 0 bridgehead atoms. The summed E-state index contributed by atoms with van der Waals surface area (Å²) < 4.78 is 24.8. The number of benzene rings is 2. The van der Waals surface area contributed by atoms with Crippen LogP contribution in [0.15, 0.2) is 67.0 Å². The maximum absolute atomic E-state index is 13.5. The fourth-order valence-corrected chi connectivity index (χ4v) is 5.16. The zero-order valence-corrected chi connectivity index (χ0v) is 23.3. The minimum atomic E-state index is -1.04. The highest BCUT2D eigenvalue weighted by molar-refractivity contribution is 6.23. The maximum atomic E-state index is 13.5. The van der Waals surface area contributed by atoms with Crippen molar-refractivity contribution in [3.05, 3.63) is 95.1 Å². The van der Waals surface area contributed by atoms with Crippen molar-refractivity contribution in [2.45, 2.75) is 31.3 Å². The summed E-state index contributed by atoms with van der Waals surface area (Å²) in [5.41, 5.74) is 1.81. The van der Waals surface area contributed by atoms with Gasteiger partial charge in [0.15, 0.2) is 0 Å². The molecule has 5 rings (SSSR count). The molecule has 1 fully saturated rings. The van der Waals surface area contributed by atoms with E-state index < -0.39 is 35.7 Å². The zero-order valence-electron chi connectivity index (χ0n) is 23.3. The first kappa shape index (κ1) is 29.5. The van der Waals surface area contributed by atoms with Crippen molar-refractivity contribution < 1.29 is 37.8 Å². The molecule has 1 saturated heterocycles. The van der Waals surface area contributed by atoms with Crippen LogP contribution in [0, 0.1) is 5.82 Å². The van der Waals surface area contributed by atoms with Gasteiger partial charge >= 0.3 is 0 Å². The maximum Gasteiger partial charge on any atom is 0.262 e. The molecule has 0 aliphatic carbocycles. The van der Waals surface area contributed by atoms with Crippen molar-refractivity contribution >= 4 is 29.5 Å². The topological polar surface area (TPSA) is 135 Å². The van der Waals surface area contributed by atoms with Crippen LogP contribution in [-0.4, -0.2) is 77.2 Å². The van der Waals surface area contributed by atoms with Crippen LogP contribution < -0.4 is 10.1 Å². The molecular weight excluding hydrogens is 559 g/mol. The van der Waals surface area contributed by atoms with Gasteiger partial charge in [0, 0.05) is 25.9 Å². The Hall–Kier alpha value is -4.97. The van der Waals surface area contributed by atoms with Crippen molar-refractivity contribution in [2.75, 3.05) is 26.9 Å². The van der Waals surface area contributed by atoms with E-state index in [1.165, 1.54) is 24.3 Å². The van der Waals surface area contributed by atoms with Crippen molar-refractivity contribution in [1.82, 2.24) is 20.1 Å². The van der Waals surface area contributed by atoms with Crippen LogP contribution in [0.4, 0.5) is 4.39 Å². The minimum Gasteiger partial charge on any atom is -0.491 e. The molecule has 1 aromatic heterocycles. The second kappa shape index (κ2) is 12.9. The van der Waals surface area contributed by atoms with Crippen LogP contribution in [0.5, 0.6) is 5.75 Å². The number of fused-ring (bicyclic) bond motifs is 1. The first-order chi connectivity index (χ1) is 20.7. The summed E-state index contributed by atoms with van der Waals surface area (Å²) in [5, 5.41) is 2.16. The van der Waals surface area contributed by atoms with Gasteiger partial charge in [-0.2, -0.15) is 0 Å². The largest absolute Gasteiger partial charge is 0.491 e. The minimum absolute atomic E-state index is 0.0411. The number of rotatable bonds is 11. The Labute approximate surface area is 246 Å². The normalized spacial score (nSPS) is 17.0. The number of pyridine rings is 1. The molecule has 12 heteroatoms. The number of nitrogens with zero attached hydrogens (tertiary/aromatic N) is 3. The van der Waals surface area contributed by atoms with E-state index in [0.717, 1.165) is 16.0 Å². The molecule has 2 unspecified atom stereocenters. The third-order valence-electron chi connectivity index (χ3n) is 7.33. The first-order valence-electron chi connectivity index (χ1n) is 13.7. The van der Waals surface area contributed by atoms with Crippen LogP contribution in [0.3, 0.4) is 0 Å². The van der Waals surface area contributed by atoms with Crippen molar-refractivity contribution in [3.8, 4) is 5.75 Å². The molecule has 0 spiro atoms. The van der Waals surface area contributed by atoms with Crippen LogP contribution >= 0.6 is 0 Å². The number of piperidine rings is 1. The molecule has 2 aliphatic heterocycles. The Balaban J connectivity index is 1.11. The summed E-state index contributed by atoms with van der Waals surface area (Å²) >= 11 is 0. The molecule has 0 radical (unpaired) electrons. The Kier molecular flexibility index (Phi) is 8.86. The van der Waals surface area contributed by atoms with E-state index in [1.54, 1.807) is 48.6 Å². The van der Waals surface area contributed by atoms with E-state index >= 15 is 0 Å². The summed E-state index contributed by atoms with van der Waals surface area (Å²) in [6.45, 7) is 0.414. The standard InChI is InChI=1S/C31H29FN4O7/c1-35(28(20-3-2-13-33-18-20)19-4-6-21(32)7-5-19)27(38)12-14-42-15-16-43-22-8-9-23-24(17-22)31(41)36(30(23)40)25-10-11-26(37)34-29(25)39/h2-9,13,17-18,25,28H,10-12,14-16H2,1H3,(H,34,37,39). The molecule has 2 aliphatic rings. The number of aromatic nitrogens is 1. The van der Waals surface area contributed by atoms with E-state index in [2.05, 4.69) is 10.3 Å². The van der Waals surface area contributed by atoms with Crippen molar-refractivity contribution in [2.24, 2.45) is 0 Å². The molecule has 2 atom stereocenters. The Morgan fingerprint density at radius 1 is 1.02 bits per heavy atom. The quantitative estimate of drug-likeness (QED) is 0.267. The molecule has 5 amide bonds. The highest BCUT2D eigenvalue weighted by atomic mass is 19.1. The fraction of sp³-hybridized carbons (Fsp3) is 0.290. The molecular formula is C31H29FN4O7. The van der Waals surface area contributed by atoms with Crippen molar-refractivity contribution in [1.29, 1.82) is 0 Å². The fourth-order valence-electron chi connectivity index (χ4n) is 5.16. The molecule has 2 aromatic carbocycles. The Bertz CT molecular complexity index is 1550. The number of halogens is 1. The predicted molar refractivity (Wildman–Crippen MR) is 149 cm³/mol. The second-order valence-corrected chi connectivity index (χ2v) is 10.1. The Morgan fingerprint density at radius 2 is 1.79 bits per heavy atom. The van der Waals surface area contributed by atoms with Gasteiger partial charge in [-0.25, -0.2) is 4.39 Å². The number of hydrogen-bond donors (Lipinski definition) is 1. The highest BCUT2D eigenvalue weighted by Gasteiger charge is 2.44. The van der Waals surface area contributed by atoms with Gasteiger partial charge in [-0.15, -0.1) is 0 Å². The van der Waals surface area contributed by atoms with Gasteiger partial charge in [0.25, 0.3) is 11.8 Å². The second-order valence-electron chi connectivity index (χ2n) is 10.1. The predicted octanol–water partition coefficient (Wildman–Crippen LogP) is 2.66. The monoisotopic (exact) mass is 588 g/mol. The molecule has 3 aromatic rings. The van der Waals surface area contributed by atoms with E-state index in [0.29, 0.717) is 5.75 Å². The van der Waals surface area contributed by atoms with E-state index in [1.807, 2.05) is 6.07 Å². The number of carbonyl (C=O) groups excluding carboxylic acids is 5. The van der Waals surface area contributed by atoms with Gasteiger partial charge in [-0.05, 0) is 53.9 Å². The smallest absolute Gasteiger partial charge is 0.262 e. The first-order valence-corrected chi connectivity index (χ1v) is 13.7. The average molecular weight is 589 g/mol. The van der Waals surface area contributed by atoms with Crippen LogP contribution in [0.2, 0.25) is 0 Å². The molecule has 0 saturated carbocycles. The summed E-state index contributed by atoms with van der Waals surface area (Å²) in [5.74, 6) is -2.54. The summed E-state index contributed by atoms with van der Waals surface area (Å²) in [7, 11) is 1.67. The van der Waals surface area contributed by atoms with Gasteiger partial charge in [-0.1, -0.05) is 18.2 Å². The summed E-state index contributed by atoms with van der Waals surface area (Å²) in [6.07, 6.45) is 3.52. The average Bonchev–Trinajstić information content (AvgIpc) is 3.25. The number of carbonyl (C=O) groups is 5. The lowest BCUT2D eigenvalue weighted by Crippen LogP contribution is -2.54. The van der Waals surface area contributed by atoms with E-state index in [4.69, 9.17) is 9.47 Å². The van der Waals surface area contributed by atoms with E-state index in [-0.39, 0.29) is 61.9 Å². The molecule has 3 heterocycles. The van der Waals surface area contributed by atoms with Crippen LogP contribution in [-0.2, 0) is 19.1 Å². The van der Waals surface area contributed by atoms with Gasteiger partial charge in [0.2, 0.25) is 17.7 Å². The van der Waals surface area contributed by atoms with Gasteiger partial charge in [0.05, 0.1) is 36.8 Å². The highest BCUT2D eigenvalue weighted by Crippen LogP contribution is 2.30. The molecule has 11 nitrogen and oxygen atoms in total. The van der Waals surface area contributed by atoms with Crippen molar-refractivity contribution in [3.63, 3.8) is 0 Å². The molecule has 222 valence electrons. The van der Waals surface area contributed by atoms with E-state index in [9.17, 15) is 28.4 Å². The lowest BCUT2D eigenvalue weighted by Gasteiger charge is -2.29. The lowest BCUT2D eigenvalue weighted by atomic mass is 9.98. The van der Waals surface area contributed by atoms with Crippen LogP contribution in [0.1, 0.15) is 57.1 Å². The third kappa shape index (κ3) is 6.44. The summed E-state index contributed by atoms with van der Waals surface area (Å²) in [4.78, 5) is 69.1. The van der Waals surface area contributed by atoms with Gasteiger partial charge < -0.3 is 14.4 Å². The van der Waals surface area contributed by atoms with Gasteiger partial charge in [-0.3, -0.25) is 39.2 Å². The number of hydrogen-bond acceptors (Lipinski definition) is 8. The Morgan fingerprint density at radius 3 is 2.51 bits per heavy atom. The number of amides is 5. The number of ether oxygens (including phenoxy) is 2. The lowest BCUT2D eigenvalue weighted by molar-refractivity contribution is -0.136. The zero-order chi connectivity index (χ0) is 30.5. The summed E-state index contributed by atoms with van der Waals surface area (Å²) in [6, 6.07) is 12.6.